The lowest BCUT2D eigenvalue weighted by Crippen LogP contribution is -2.50. The van der Waals surface area contributed by atoms with Crippen molar-refractivity contribution < 1.29 is 31.9 Å². The Balaban J connectivity index is 1.53. The van der Waals surface area contributed by atoms with Gasteiger partial charge >= 0.3 is 12.1 Å². The van der Waals surface area contributed by atoms with E-state index in [0.29, 0.717) is 6.20 Å². The molecule has 0 bridgehead atoms. The number of aromatic nitrogens is 1. The van der Waals surface area contributed by atoms with Gasteiger partial charge in [0.15, 0.2) is 6.61 Å². The number of nitrogens with zero attached hydrogens (tertiary/aromatic N) is 3. The van der Waals surface area contributed by atoms with Crippen LogP contribution in [0.4, 0.5) is 23.4 Å². The lowest BCUT2D eigenvalue weighted by atomic mass is 10.2. The second-order valence-electron chi connectivity index (χ2n) is 6.45. The number of halogens is 5. The number of pyridine rings is 1. The van der Waals surface area contributed by atoms with Crippen molar-refractivity contribution >= 4 is 29.3 Å². The zero-order valence-electron chi connectivity index (χ0n) is 15.5. The van der Waals surface area contributed by atoms with Crippen molar-refractivity contribution in [3.05, 3.63) is 58.5 Å². The first kappa shape index (κ1) is 21.8. The van der Waals surface area contributed by atoms with Gasteiger partial charge in [0, 0.05) is 32.4 Å². The van der Waals surface area contributed by atoms with Crippen molar-refractivity contribution in [3.63, 3.8) is 0 Å². The van der Waals surface area contributed by atoms with Crippen LogP contribution in [0.1, 0.15) is 15.9 Å². The van der Waals surface area contributed by atoms with Crippen LogP contribution in [0.2, 0.25) is 5.02 Å². The molecule has 0 saturated carbocycles. The largest absolute Gasteiger partial charge is 0.452 e. The summed E-state index contributed by atoms with van der Waals surface area (Å²) in [5.74, 6) is -1.96. The molecular weight excluding hydrogens is 430 g/mol. The van der Waals surface area contributed by atoms with Gasteiger partial charge in [-0.25, -0.2) is 14.2 Å². The molecule has 0 N–H and O–H groups in total. The fourth-order valence-electron chi connectivity index (χ4n) is 2.91. The van der Waals surface area contributed by atoms with Crippen molar-refractivity contribution in [2.24, 2.45) is 0 Å². The molecule has 0 atom stereocenters. The van der Waals surface area contributed by atoms with Crippen molar-refractivity contribution in [2.45, 2.75) is 6.18 Å². The Morgan fingerprint density at radius 1 is 1.13 bits per heavy atom. The van der Waals surface area contributed by atoms with E-state index in [1.165, 1.54) is 23.1 Å². The lowest BCUT2D eigenvalue weighted by molar-refractivity contribution is -0.138. The highest BCUT2D eigenvalue weighted by Crippen LogP contribution is 2.33. The number of ether oxygens (including phenoxy) is 1. The molecule has 1 aliphatic heterocycles. The van der Waals surface area contributed by atoms with Crippen LogP contribution >= 0.6 is 11.6 Å². The number of esters is 1. The SMILES string of the molecule is O=C(OCC(=O)N1CCN(c2ncc(C(F)(F)F)cc2Cl)CC1)c1ccccc1F. The molecule has 0 unspecified atom stereocenters. The van der Waals surface area contributed by atoms with Crippen molar-refractivity contribution in [1.29, 1.82) is 0 Å². The van der Waals surface area contributed by atoms with Crippen molar-refractivity contribution in [3.8, 4) is 0 Å². The van der Waals surface area contributed by atoms with Crippen LogP contribution in [0.25, 0.3) is 0 Å². The average molecular weight is 446 g/mol. The highest BCUT2D eigenvalue weighted by molar-refractivity contribution is 6.33. The van der Waals surface area contributed by atoms with E-state index in [1.54, 1.807) is 4.90 Å². The molecule has 1 fully saturated rings. The fraction of sp³-hybridized carbons (Fsp3) is 0.316. The molecule has 1 amide bonds. The van der Waals surface area contributed by atoms with E-state index in [0.717, 1.165) is 12.1 Å². The van der Waals surface area contributed by atoms with E-state index in [4.69, 9.17) is 16.3 Å². The Kier molecular flexibility index (Phi) is 6.45. The van der Waals surface area contributed by atoms with Gasteiger partial charge in [-0.1, -0.05) is 23.7 Å². The zero-order chi connectivity index (χ0) is 21.9. The Morgan fingerprint density at radius 3 is 2.40 bits per heavy atom. The first-order valence-electron chi connectivity index (χ1n) is 8.84. The number of carbonyl (C=O) groups is 2. The number of piperazine rings is 1. The van der Waals surface area contributed by atoms with Crippen LogP contribution in [0.15, 0.2) is 36.5 Å². The molecule has 160 valence electrons. The van der Waals surface area contributed by atoms with Gasteiger partial charge in [0.2, 0.25) is 0 Å². The van der Waals surface area contributed by atoms with E-state index in [2.05, 4.69) is 4.98 Å². The molecule has 1 aromatic heterocycles. The van der Waals surface area contributed by atoms with Gasteiger partial charge in [0.1, 0.15) is 11.6 Å². The predicted molar refractivity (Wildman–Crippen MR) is 99.7 cm³/mol. The molecule has 0 radical (unpaired) electrons. The van der Waals surface area contributed by atoms with E-state index in [9.17, 15) is 27.2 Å². The first-order chi connectivity index (χ1) is 14.2. The summed E-state index contributed by atoms with van der Waals surface area (Å²) in [4.78, 5) is 31.0. The molecule has 2 aromatic rings. The molecule has 11 heteroatoms. The Hall–Kier alpha value is -2.88. The number of alkyl halides is 3. The second-order valence-corrected chi connectivity index (χ2v) is 6.86. The maximum atomic E-state index is 13.6. The molecule has 0 aliphatic carbocycles. The molecule has 2 heterocycles. The van der Waals surface area contributed by atoms with Gasteiger partial charge in [-0.3, -0.25) is 4.79 Å². The van der Waals surface area contributed by atoms with Gasteiger partial charge in [0.25, 0.3) is 5.91 Å². The second kappa shape index (κ2) is 8.86. The van der Waals surface area contributed by atoms with E-state index >= 15 is 0 Å². The fourth-order valence-corrected chi connectivity index (χ4v) is 3.20. The third-order valence-corrected chi connectivity index (χ3v) is 4.78. The predicted octanol–water partition coefficient (Wildman–Crippen LogP) is 3.40. The quantitative estimate of drug-likeness (QED) is 0.533. The summed E-state index contributed by atoms with van der Waals surface area (Å²) in [6, 6.07) is 6.07. The van der Waals surface area contributed by atoms with Gasteiger partial charge < -0.3 is 14.5 Å². The lowest BCUT2D eigenvalue weighted by Gasteiger charge is -2.35. The van der Waals surface area contributed by atoms with Crippen molar-refractivity contribution in [1.82, 2.24) is 9.88 Å². The molecule has 1 aliphatic rings. The van der Waals surface area contributed by atoms with E-state index in [1.807, 2.05) is 0 Å². The Morgan fingerprint density at radius 2 is 1.80 bits per heavy atom. The summed E-state index contributed by atoms with van der Waals surface area (Å²) in [5, 5.41) is -0.136. The molecule has 3 rings (SSSR count). The smallest absolute Gasteiger partial charge is 0.417 e. The number of amides is 1. The van der Waals surface area contributed by atoms with E-state index < -0.39 is 36.0 Å². The molecule has 1 saturated heterocycles. The molecule has 1 aromatic carbocycles. The number of hydrogen-bond donors (Lipinski definition) is 0. The standard InChI is InChI=1S/C19H16ClF4N3O3/c20-14-9-12(19(22,23)24)10-25-17(14)27-7-5-26(6-8-27)16(28)11-30-18(29)13-3-1-2-4-15(13)21/h1-4,9-10H,5-8,11H2. The summed E-state index contributed by atoms with van der Waals surface area (Å²) in [5.41, 5.74) is -1.21. The van der Waals surface area contributed by atoms with Gasteiger partial charge in [0.05, 0.1) is 16.1 Å². The summed E-state index contributed by atoms with van der Waals surface area (Å²) in [6.07, 6.45) is -3.83. The highest BCUT2D eigenvalue weighted by Gasteiger charge is 2.32. The summed E-state index contributed by atoms with van der Waals surface area (Å²) < 4.78 is 56.6. The monoisotopic (exact) mass is 445 g/mol. The molecule has 0 spiro atoms. The minimum Gasteiger partial charge on any atom is -0.452 e. The van der Waals surface area contributed by atoms with Crippen molar-refractivity contribution in [2.75, 3.05) is 37.7 Å². The highest BCUT2D eigenvalue weighted by atomic mass is 35.5. The summed E-state index contributed by atoms with van der Waals surface area (Å²) in [7, 11) is 0. The molecule has 6 nitrogen and oxygen atoms in total. The Labute approximate surface area is 174 Å². The molecule has 30 heavy (non-hydrogen) atoms. The molecular formula is C19H16ClF4N3O3. The number of rotatable bonds is 4. The maximum absolute atomic E-state index is 13.6. The van der Waals surface area contributed by atoms with Gasteiger partial charge in [-0.2, -0.15) is 13.2 Å². The van der Waals surface area contributed by atoms with E-state index in [-0.39, 0.29) is 42.6 Å². The van der Waals surface area contributed by atoms with Crippen LogP contribution < -0.4 is 4.90 Å². The number of benzene rings is 1. The summed E-state index contributed by atoms with van der Waals surface area (Å²) in [6.45, 7) is 0.479. The zero-order valence-corrected chi connectivity index (χ0v) is 16.2. The maximum Gasteiger partial charge on any atom is 0.417 e. The minimum atomic E-state index is -4.54. The Bertz CT molecular complexity index is 947. The van der Waals surface area contributed by atoms with Crippen LogP contribution in [-0.2, 0) is 15.7 Å². The van der Waals surface area contributed by atoms with Crippen LogP contribution in [-0.4, -0.2) is 54.5 Å². The third kappa shape index (κ3) is 4.99. The minimum absolute atomic E-state index is 0.136. The van der Waals surface area contributed by atoms with Gasteiger partial charge in [-0.15, -0.1) is 0 Å². The average Bonchev–Trinajstić information content (AvgIpc) is 2.71. The first-order valence-corrected chi connectivity index (χ1v) is 9.21. The van der Waals surface area contributed by atoms with Gasteiger partial charge in [-0.05, 0) is 18.2 Å². The van der Waals surface area contributed by atoms with Crippen LogP contribution in [0, 0.1) is 5.82 Å². The third-order valence-electron chi connectivity index (χ3n) is 4.50. The topological polar surface area (TPSA) is 62.7 Å². The number of hydrogen-bond acceptors (Lipinski definition) is 5. The number of carbonyl (C=O) groups excluding carboxylic acids is 2. The summed E-state index contributed by atoms with van der Waals surface area (Å²) >= 11 is 5.95. The number of anilines is 1. The van der Waals surface area contributed by atoms with Crippen LogP contribution in [0.5, 0.6) is 0 Å². The van der Waals surface area contributed by atoms with Crippen LogP contribution in [0.3, 0.4) is 0 Å². The normalized spacial score (nSPS) is 14.6.